The number of hydrogen-bond acceptors (Lipinski definition) is 3. The average Bonchev–Trinajstić information content (AvgIpc) is 3.16. The molecule has 0 radical (unpaired) electrons. The second-order valence-electron chi connectivity index (χ2n) is 6.68. The number of hydrogen-bond donors (Lipinski definition) is 1. The highest BCUT2D eigenvalue weighted by Crippen LogP contribution is 2.25. The minimum Gasteiger partial charge on any atom is -0.496 e. The van der Waals surface area contributed by atoms with E-state index >= 15 is 0 Å². The van der Waals surface area contributed by atoms with E-state index in [1.807, 2.05) is 49.2 Å². The van der Waals surface area contributed by atoms with Crippen LogP contribution in [0.25, 0.3) is 0 Å². The molecular weight excluding hydrogens is 330 g/mol. The Balaban J connectivity index is 1.63. The maximum atomic E-state index is 12.9. The van der Waals surface area contributed by atoms with E-state index in [-0.39, 0.29) is 11.8 Å². The van der Waals surface area contributed by atoms with Gasteiger partial charge in [0.1, 0.15) is 5.75 Å². The zero-order valence-electron chi connectivity index (χ0n) is 15.5. The van der Waals surface area contributed by atoms with Gasteiger partial charge in [-0.1, -0.05) is 0 Å². The van der Waals surface area contributed by atoms with Crippen LogP contribution in [0, 0.1) is 13.8 Å². The Morgan fingerprint density at radius 3 is 2.35 bits per heavy atom. The molecule has 1 aromatic heterocycles. The van der Waals surface area contributed by atoms with Gasteiger partial charge in [-0.05, 0) is 49.2 Å². The van der Waals surface area contributed by atoms with E-state index in [4.69, 9.17) is 4.74 Å². The van der Waals surface area contributed by atoms with E-state index in [2.05, 4.69) is 4.98 Å². The second kappa shape index (κ2) is 7.64. The van der Waals surface area contributed by atoms with Gasteiger partial charge in [0.05, 0.1) is 19.1 Å². The Kier molecular flexibility index (Phi) is 5.30. The number of piperazine rings is 1. The molecule has 6 heteroatoms. The van der Waals surface area contributed by atoms with Crippen LogP contribution in [0.5, 0.6) is 5.75 Å². The van der Waals surface area contributed by atoms with Gasteiger partial charge in [-0.15, -0.1) is 0 Å². The van der Waals surface area contributed by atoms with Gasteiger partial charge < -0.3 is 19.5 Å². The fourth-order valence-corrected chi connectivity index (χ4v) is 3.21. The topological polar surface area (TPSA) is 65.6 Å². The predicted molar refractivity (Wildman–Crippen MR) is 99.4 cm³/mol. The van der Waals surface area contributed by atoms with Gasteiger partial charge in [0.15, 0.2) is 0 Å². The minimum absolute atomic E-state index is 0.0404. The summed E-state index contributed by atoms with van der Waals surface area (Å²) < 4.78 is 5.40. The lowest BCUT2D eigenvalue weighted by Crippen LogP contribution is -2.51. The van der Waals surface area contributed by atoms with Crippen LogP contribution in [0.1, 0.15) is 27.2 Å². The number of methoxy groups -OCH3 is 1. The Hall–Kier alpha value is -2.76. The molecule has 1 aromatic carbocycles. The van der Waals surface area contributed by atoms with Crippen LogP contribution in [0.3, 0.4) is 0 Å². The largest absolute Gasteiger partial charge is 0.496 e. The van der Waals surface area contributed by atoms with Crippen molar-refractivity contribution in [2.24, 2.45) is 0 Å². The first kappa shape index (κ1) is 18.0. The fraction of sp³-hybridized carbons (Fsp3) is 0.400. The van der Waals surface area contributed by atoms with Crippen molar-refractivity contribution in [1.29, 1.82) is 0 Å². The van der Waals surface area contributed by atoms with Crippen molar-refractivity contribution in [3.63, 3.8) is 0 Å². The first-order chi connectivity index (χ1) is 12.5. The summed E-state index contributed by atoms with van der Waals surface area (Å²) in [6.45, 7) is 6.16. The third kappa shape index (κ3) is 3.74. The van der Waals surface area contributed by atoms with Gasteiger partial charge in [-0.3, -0.25) is 9.59 Å². The van der Waals surface area contributed by atoms with Crippen molar-refractivity contribution >= 4 is 11.8 Å². The van der Waals surface area contributed by atoms with Crippen LogP contribution in [0.2, 0.25) is 0 Å². The predicted octanol–water partition coefficient (Wildman–Crippen LogP) is 2.17. The third-order valence-corrected chi connectivity index (χ3v) is 4.97. The molecule has 0 unspecified atom stereocenters. The van der Waals surface area contributed by atoms with Crippen molar-refractivity contribution in [3.8, 4) is 5.75 Å². The number of carbonyl (C=O) groups is 2. The quantitative estimate of drug-likeness (QED) is 0.914. The van der Waals surface area contributed by atoms with Gasteiger partial charge in [-0.2, -0.15) is 0 Å². The second-order valence-corrected chi connectivity index (χ2v) is 6.68. The van der Waals surface area contributed by atoms with Crippen LogP contribution >= 0.6 is 0 Å². The number of carbonyl (C=O) groups excluding carboxylic acids is 2. The summed E-state index contributed by atoms with van der Waals surface area (Å²) in [6.07, 6.45) is 2.18. The van der Waals surface area contributed by atoms with Gasteiger partial charge >= 0.3 is 0 Å². The van der Waals surface area contributed by atoms with Gasteiger partial charge in [-0.25, -0.2) is 0 Å². The zero-order valence-corrected chi connectivity index (χ0v) is 15.5. The number of nitrogens with zero attached hydrogens (tertiary/aromatic N) is 2. The van der Waals surface area contributed by atoms with Crippen LogP contribution in [0.15, 0.2) is 30.5 Å². The number of rotatable bonds is 4. The van der Waals surface area contributed by atoms with Crippen molar-refractivity contribution in [1.82, 2.24) is 14.8 Å². The molecule has 0 spiro atoms. The standard InChI is InChI=1S/C20H25N3O3/c1-14-11-17(18(26-3)12-15(14)2)20(25)23-9-7-22(8-10-23)19(24)13-16-5-4-6-21-16/h4-6,11-12,21H,7-10,13H2,1-3H3. The number of aromatic nitrogens is 1. The molecule has 3 rings (SSSR count). The van der Waals surface area contributed by atoms with E-state index in [0.29, 0.717) is 43.9 Å². The van der Waals surface area contributed by atoms with Gasteiger partial charge in [0.2, 0.25) is 5.91 Å². The molecule has 1 aliphatic rings. The number of amides is 2. The molecule has 1 saturated heterocycles. The fourth-order valence-electron chi connectivity index (χ4n) is 3.21. The summed E-state index contributed by atoms with van der Waals surface area (Å²) in [5.74, 6) is 0.646. The van der Waals surface area contributed by atoms with Crippen molar-refractivity contribution in [3.05, 3.63) is 52.8 Å². The molecule has 1 aliphatic heterocycles. The molecule has 1 N–H and O–H groups in total. The summed E-state index contributed by atoms with van der Waals surface area (Å²) in [6, 6.07) is 7.58. The van der Waals surface area contributed by atoms with Gasteiger partial charge in [0.25, 0.3) is 5.91 Å². The average molecular weight is 355 g/mol. The van der Waals surface area contributed by atoms with Crippen LogP contribution < -0.4 is 4.74 Å². The van der Waals surface area contributed by atoms with Crippen molar-refractivity contribution in [2.75, 3.05) is 33.3 Å². The third-order valence-electron chi connectivity index (χ3n) is 4.97. The highest BCUT2D eigenvalue weighted by Gasteiger charge is 2.26. The zero-order chi connectivity index (χ0) is 18.7. The van der Waals surface area contributed by atoms with Gasteiger partial charge in [0, 0.05) is 38.1 Å². The van der Waals surface area contributed by atoms with E-state index in [1.165, 1.54) is 0 Å². The first-order valence-electron chi connectivity index (χ1n) is 8.84. The molecular formula is C20H25N3O3. The summed E-state index contributed by atoms with van der Waals surface area (Å²) in [5.41, 5.74) is 3.65. The Bertz CT molecular complexity index is 791. The van der Waals surface area contributed by atoms with Crippen LogP contribution in [0.4, 0.5) is 0 Å². The molecule has 0 saturated carbocycles. The monoisotopic (exact) mass is 355 g/mol. The maximum absolute atomic E-state index is 12.9. The highest BCUT2D eigenvalue weighted by atomic mass is 16.5. The lowest BCUT2D eigenvalue weighted by atomic mass is 10.0. The number of aromatic amines is 1. The smallest absolute Gasteiger partial charge is 0.257 e. The molecule has 2 aromatic rings. The molecule has 0 atom stereocenters. The van der Waals surface area contributed by atoms with Crippen molar-refractivity contribution in [2.45, 2.75) is 20.3 Å². The molecule has 2 heterocycles. The summed E-state index contributed by atoms with van der Waals surface area (Å²) in [4.78, 5) is 32.0. The highest BCUT2D eigenvalue weighted by molar-refractivity contribution is 5.97. The lowest BCUT2D eigenvalue weighted by molar-refractivity contribution is -0.132. The van der Waals surface area contributed by atoms with Crippen LogP contribution in [-0.4, -0.2) is 59.9 Å². The van der Waals surface area contributed by atoms with E-state index < -0.39 is 0 Å². The number of H-pyrrole nitrogens is 1. The van der Waals surface area contributed by atoms with Crippen LogP contribution in [-0.2, 0) is 11.2 Å². The SMILES string of the molecule is COc1cc(C)c(C)cc1C(=O)N1CCN(C(=O)Cc2ccc[nH]2)CC1. The van der Waals surface area contributed by atoms with E-state index in [9.17, 15) is 9.59 Å². The Morgan fingerprint density at radius 2 is 1.73 bits per heavy atom. The van der Waals surface area contributed by atoms with E-state index in [1.54, 1.807) is 12.0 Å². The minimum atomic E-state index is -0.0404. The summed E-state index contributed by atoms with van der Waals surface area (Å²) >= 11 is 0. The lowest BCUT2D eigenvalue weighted by Gasteiger charge is -2.35. The van der Waals surface area contributed by atoms with Crippen molar-refractivity contribution < 1.29 is 14.3 Å². The molecule has 138 valence electrons. The molecule has 1 fully saturated rings. The Morgan fingerprint density at radius 1 is 1.08 bits per heavy atom. The molecule has 0 aliphatic carbocycles. The molecule has 6 nitrogen and oxygen atoms in total. The number of nitrogens with one attached hydrogen (secondary N) is 1. The number of aryl methyl sites for hydroxylation is 2. The van der Waals surface area contributed by atoms with E-state index in [0.717, 1.165) is 16.8 Å². The Labute approximate surface area is 153 Å². The normalized spacial score (nSPS) is 14.4. The number of benzene rings is 1. The molecule has 26 heavy (non-hydrogen) atoms. The summed E-state index contributed by atoms with van der Waals surface area (Å²) in [7, 11) is 1.58. The molecule has 0 bridgehead atoms. The maximum Gasteiger partial charge on any atom is 0.257 e. The first-order valence-corrected chi connectivity index (χ1v) is 8.84. The number of ether oxygens (including phenoxy) is 1. The molecule has 2 amide bonds. The summed E-state index contributed by atoms with van der Waals surface area (Å²) in [5, 5.41) is 0.